The van der Waals surface area contributed by atoms with E-state index in [4.69, 9.17) is 0 Å². The molecule has 140 valence electrons. The highest BCUT2D eigenvalue weighted by Gasteiger charge is 2.19. The second-order valence-corrected chi connectivity index (χ2v) is 8.17. The van der Waals surface area contributed by atoms with Crippen molar-refractivity contribution in [3.63, 3.8) is 0 Å². The fourth-order valence-corrected chi connectivity index (χ4v) is 3.75. The molecule has 1 aliphatic rings. The molecule has 8 nitrogen and oxygen atoms in total. The number of carbonyl (C=O) groups is 2. The van der Waals surface area contributed by atoms with Gasteiger partial charge in [0.05, 0.1) is 0 Å². The third kappa shape index (κ3) is 5.30. The third-order valence-corrected chi connectivity index (χ3v) is 5.78. The fraction of sp³-hybridized carbons (Fsp3) is 0.625. The minimum atomic E-state index is -3.60. The smallest absolute Gasteiger partial charge is 0.267 e. The van der Waals surface area contributed by atoms with Crippen LogP contribution in [0.3, 0.4) is 0 Å². The molecule has 3 N–H and O–H groups in total. The molecule has 1 fully saturated rings. The Bertz CT molecular complexity index is 720. The van der Waals surface area contributed by atoms with E-state index in [1.165, 1.54) is 30.3 Å². The topological polar surface area (TPSA) is 109 Å². The number of sulfonamides is 1. The molecule has 0 aliphatic heterocycles. The molecular weight excluding hydrogens is 344 g/mol. The summed E-state index contributed by atoms with van der Waals surface area (Å²) in [5.74, 6) is -0.483. The second-order valence-electron chi connectivity index (χ2n) is 6.29. The molecule has 2 rings (SSSR count). The highest BCUT2D eigenvalue weighted by molar-refractivity contribution is 7.89. The van der Waals surface area contributed by atoms with Gasteiger partial charge < -0.3 is 15.2 Å². The Morgan fingerprint density at radius 3 is 2.56 bits per heavy atom. The number of nitrogens with one attached hydrogen (secondary N) is 3. The Balaban J connectivity index is 1.83. The standard InChI is InChI=1S/C16H26N4O4S/c1-17-25(23,24)13-10-14(20(2)11-13)16(22)18-9-8-15(21)19-12-6-4-3-5-7-12/h10-12,17H,3-9H2,1-2H3,(H,18,22)(H,19,21). The number of amides is 2. The fourth-order valence-electron chi connectivity index (χ4n) is 2.95. The molecule has 1 saturated carbocycles. The van der Waals surface area contributed by atoms with Crippen molar-refractivity contribution in [1.29, 1.82) is 0 Å². The maximum absolute atomic E-state index is 12.2. The SMILES string of the molecule is CNS(=O)(=O)c1cc(C(=O)NCCC(=O)NC2CCCCC2)n(C)c1. The van der Waals surface area contributed by atoms with Crippen LogP contribution in [0.1, 0.15) is 49.0 Å². The van der Waals surface area contributed by atoms with Crippen LogP contribution in [0.4, 0.5) is 0 Å². The van der Waals surface area contributed by atoms with E-state index in [9.17, 15) is 18.0 Å². The van der Waals surface area contributed by atoms with Crippen molar-refractivity contribution >= 4 is 21.8 Å². The summed E-state index contributed by atoms with van der Waals surface area (Å²) in [6.45, 7) is 0.205. The number of hydrogen-bond acceptors (Lipinski definition) is 4. The first-order chi connectivity index (χ1) is 11.8. The number of carbonyl (C=O) groups excluding carboxylic acids is 2. The van der Waals surface area contributed by atoms with Gasteiger partial charge in [-0.05, 0) is 26.0 Å². The quantitative estimate of drug-likeness (QED) is 0.649. The maximum atomic E-state index is 12.2. The minimum absolute atomic E-state index is 0.0256. The molecule has 0 unspecified atom stereocenters. The highest BCUT2D eigenvalue weighted by Crippen LogP contribution is 2.17. The summed E-state index contributed by atoms with van der Waals surface area (Å²) in [6, 6.07) is 1.56. The normalized spacial score (nSPS) is 15.8. The highest BCUT2D eigenvalue weighted by atomic mass is 32.2. The van der Waals surface area contributed by atoms with E-state index in [-0.39, 0.29) is 35.5 Å². The molecule has 0 aromatic carbocycles. The van der Waals surface area contributed by atoms with Crippen molar-refractivity contribution in [2.45, 2.75) is 49.5 Å². The third-order valence-electron chi connectivity index (χ3n) is 4.40. The van der Waals surface area contributed by atoms with E-state index >= 15 is 0 Å². The molecular formula is C16H26N4O4S. The molecule has 1 aromatic rings. The predicted molar refractivity (Wildman–Crippen MR) is 93.6 cm³/mol. The number of aryl methyl sites for hydroxylation is 1. The van der Waals surface area contributed by atoms with Gasteiger partial charge >= 0.3 is 0 Å². The molecule has 0 spiro atoms. The average Bonchev–Trinajstić information content (AvgIpc) is 2.98. The average molecular weight is 370 g/mol. The van der Waals surface area contributed by atoms with Gasteiger partial charge in [0.1, 0.15) is 10.6 Å². The summed E-state index contributed by atoms with van der Waals surface area (Å²) in [7, 11) is -0.690. The van der Waals surface area contributed by atoms with Crippen LogP contribution in [0, 0.1) is 0 Å². The number of rotatable bonds is 7. The number of hydrogen-bond donors (Lipinski definition) is 3. The van der Waals surface area contributed by atoms with Gasteiger partial charge in [-0.3, -0.25) is 9.59 Å². The summed E-state index contributed by atoms with van der Waals surface area (Å²) in [6.07, 6.45) is 7.13. The van der Waals surface area contributed by atoms with Gasteiger partial charge in [-0.25, -0.2) is 13.1 Å². The molecule has 9 heteroatoms. The molecule has 25 heavy (non-hydrogen) atoms. The monoisotopic (exact) mass is 370 g/mol. The Hall–Kier alpha value is -1.87. The van der Waals surface area contributed by atoms with Crippen LogP contribution in [0.5, 0.6) is 0 Å². The van der Waals surface area contributed by atoms with Gasteiger partial charge in [0.2, 0.25) is 15.9 Å². The van der Waals surface area contributed by atoms with Gasteiger partial charge in [-0.1, -0.05) is 19.3 Å². The molecule has 1 heterocycles. The lowest BCUT2D eigenvalue weighted by Crippen LogP contribution is -2.38. The van der Waals surface area contributed by atoms with Crippen molar-refractivity contribution in [2.24, 2.45) is 7.05 Å². The molecule has 1 aliphatic carbocycles. The Morgan fingerprint density at radius 2 is 1.92 bits per heavy atom. The molecule has 0 radical (unpaired) electrons. The molecule has 0 atom stereocenters. The maximum Gasteiger partial charge on any atom is 0.267 e. The Labute approximate surface area is 148 Å². The lowest BCUT2D eigenvalue weighted by atomic mass is 9.95. The molecule has 2 amide bonds. The van der Waals surface area contributed by atoms with Crippen molar-refractivity contribution in [3.8, 4) is 0 Å². The Morgan fingerprint density at radius 1 is 1.24 bits per heavy atom. The summed E-state index contributed by atoms with van der Waals surface area (Å²) in [5, 5.41) is 5.65. The van der Waals surface area contributed by atoms with Gasteiger partial charge in [0.25, 0.3) is 5.91 Å². The number of aromatic nitrogens is 1. The zero-order chi connectivity index (χ0) is 18.4. The summed E-state index contributed by atoms with van der Waals surface area (Å²) in [5.41, 5.74) is 0.224. The summed E-state index contributed by atoms with van der Waals surface area (Å²) in [4.78, 5) is 24.1. The van der Waals surface area contributed by atoms with Crippen molar-refractivity contribution in [2.75, 3.05) is 13.6 Å². The first kappa shape index (κ1) is 19.5. The lowest BCUT2D eigenvalue weighted by molar-refractivity contribution is -0.121. The van der Waals surface area contributed by atoms with Crippen molar-refractivity contribution < 1.29 is 18.0 Å². The van der Waals surface area contributed by atoms with Gasteiger partial charge in [-0.15, -0.1) is 0 Å². The van der Waals surface area contributed by atoms with E-state index in [1.54, 1.807) is 7.05 Å². The van der Waals surface area contributed by atoms with E-state index in [2.05, 4.69) is 15.4 Å². The predicted octanol–water partition coefficient (Wildman–Crippen LogP) is 0.502. The van der Waals surface area contributed by atoms with Crippen molar-refractivity contribution in [3.05, 3.63) is 18.0 Å². The van der Waals surface area contributed by atoms with Crippen LogP contribution in [0.2, 0.25) is 0 Å². The molecule has 1 aromatic heterocycles. The number of nitrogens with zero attached hydrogens (tertiary/aromatic N) is 1. The van der Waals surface area contributed by atoms with E-state index in [1.807, 2.05) is 0 Å². The van der Waals surface area contributed by atoms with Crippen LogP contribution in [-0.4, -0.2) is 44.4 Å². The van der Waals surface area contributed by atoms with E-state index in [0.717, 1.165) is 25.7 Å². The van der Waals surface area contributed by atoms with Crippen molar-refractivity contribution in [1.82, 2.24) is 19.9 Å². The van der Waals surface area contributed by atoms with Crippen LogP contribution < -0.4 is 15.4 Å². The van der Waals surface area contributed by atoms with Gasteiger partial charge in [0.15, 0.2) is 0 Å². The zero-order valence-corrected chi connectivity index (χ0v) is 15.5. The largest absolute Gasteiger partial charge is 0.353 e. The first-order valence-corrected chi connectivity index (χ1v) is 9.99. The van der Waals surface area contributed by atoms with Crippen LogP contribution in [-0.2, 0) is 21.9 Å². The van der Waals surface area contributed by atoms with E-state index in [0.29, 0.717) is 0 Å². The first-order valence-electron chi connectivity index (χ1n) is 8.51. The van der Waals surface area contributed by atoms with Crippen LogP contribution >= 0.6 is 0 Å². The Kier molecular flexibility index (Phi) is 6.60. The van der Waals surface area contributed by atoms with Crippen LogP contribution in [0.25, 0.3) is 0 Å². The van der Waals surface area contributed by atoms with Gasteiger partial charge in [0, 0.05) is 32.3 Å². The van der Waals surface area contributed by atoms with Crippen LogP contribution in [0.15, 0.2) is 17.2 Å². The van der Waals surface area contributed by atoms with E-state index < -0.39 is 15.9 Å². The summed E-state index contributed by atoms with van der Waals surface area (Å²) >= 11 is 0. The zero-order valence-electron chi connectivity index (χ0n) is 14.7. The molecule has 0 bridgehead atoms. The lowest BCUT2D eigenvalue weighted by Gasteiger charge is -2.22. The molecule has 0 saturated heterocycles. The minimum Gasteiger partial charge on any atom is -0.353 e. The van der Waals surface area contributed by atoms with Gasteiger partial charge in [-0.2, -0.15) is 0 Å². The summed E-state index contributed by atoms with van der Waals surface area (Å²) < 4.78 is 27.2. The second kappa shape index (κ2) is 8.48.